The van der Waals surface area contributed by atoms with Crippen LogP contribution in [0, 0.1) is 36.5 Å². The van der Waals surface area contributed by atoms with Gasteiger partial charge in [-0.15, -0.1) is 0 Å². The number of esters is 1. The second-order valence-corrected chi connectivity index (χ2v) is 19.2. The normalized spacial score (nSPS) is 29.5. The standard InChI is InChI=1S/C51H64N4O13/c1-24(2)23-54-16-18-55(19-17-54)32-21-33(57)39-35(22-32)67-48-40(52-39)36-37-44(60)30(8)47-38(36)49(62)51(10,68-47)65-20-15-34(64-11)27(5)46(66-31(9)56)29(7)43(59)28(6)42(58)25(3)13-12-14-26(4)50(63)53-41(48)45(37)61/h12-15,20-22,24-25,27-29,34,42-43,46,58-60,62H,16-19,23H2,1-11H3,(H,53,63)/b13-12+,20-15+,26-14+/t25-,27-,28+,29+,34+,42-,43+,46+,51-/m0/s1. The van der Waals surface area contributed by atoms with Crippen LogP contribution in [-0.4, -0.2) is 112 Å². The zero-order chi connectivity index (χ0) is 49.7. The SMILES string of the molecule is CO[C@@H]1/C=C/O[C@@]2(C)Oc3c(C)c(O)c4c(=O)c(c5oc6cc(N7CCN(CC(C)C)CC7)cc(=O)c6nc5c4c3=C2O)NC(=O)/C(C)=C/C=C/[C@H](C)[C@H](O)[C@@H](C)[C@@H](O)[C@@H](C)[C@H](OC(C)=O)[C@H]1C. The molecule has 3 aliphatic heterocycles. The van der Waals surface area contributed by atoms with E-state index >= 15 is 0 Å². The van der Waals surface area contributed by atoms with Crippen LogP contribution >= 0.6 is 0 Å². The highest BCUT2D eigenvalue weighted by Gasteiger charge is 2.44. The minimum atomic E-state index is -1.98. The van der Waals surface area contributed by atoms with E-state index < -0.39 is 88.1 Å². The number of anilines is 2. The van der Waals surface area contributed by atoms with Crippen LogP contribution in [-0.2, 0) is 23.8 Å². The third-order valence-electron chi connectivity index (χ3n) is 13.8. The van der Waals surface area contributed by atoms with Gasteiger partial charge >= 0.3 is 11.8 Å². The summed E-state index contributed by atoms with van der Waals surface area (Å²) in [5.74, 6) is -6.43. The lowest BCUT2D eigenvalue weighted by Gasteiger charge is -2.38. The zero-order valence-corrected chi connectivity index (χ0v) is 40.6. The van der Waals surface area contributed by atoms with Gasteiger partial charge in [0.05, 0.1) is 35.2 Å². The topological polar surface area (TPSA) is 231 Å². The first kappa shape index (κ1) is 49.9. The number of aromatic hydroxyl groups is 1. The highest BCUT2D eigenvalue weighted by molar-refractivity contribution is 6.16. The Morgan fingerprint density at radius 1 is 0.956 bits per heavy atom. The number of fused-ring (bicyclic) bond motifs is 2. The van der Waals surface area contributed by atoms with Crippen LogP contribution < -0.4 is 31.0 Å². The third-order valence-corrected chi connectivity index (χ3v) is 13.8. The van der Waals surface area contributed by atoms with Crippen LogP contribution in [0.25, 0.3) is 38.7 Å². The van der Waals surface area contributed by atoms with Crippen LogP contribution in [0.15, 0.2) is 62.3 Å². The molecule has 7 rings (SSSR count). The molecule has 4 aromatic rings. The number of nitrogens with zero attached hydrogens (tertiary/aromatic N) is 3. The Labute approximate surface area is 394 Å². The summed E-state index contributed by atoms with van der Waals surface area (Å²) in [5.41, 5.74) is -1.35. The first-order chi connectivity index (χ1) is 32.1. The number of nitrogens with one attached hydrogen (secondary N) is 1. The van der Waals surface area contributed by atoms with E-state index in [1.165, 1.54) is 59.3 Å². The maximum atomic E-state index is 14.9. The van der Waals surface area contributed by atoms with E-state index in [0.717, 1.165) is 19.6 Å². The van der Waals surface area contributed by atoms with Gasteiger partial charge in [-0.25, -0.2) is 4.98 Å². The van der Waals surface area contributed by atoms with Crippen molar-refractivity contribution < 1.29 is 53.4 Å². The van der Waals surface area contributed by atoms with Crippen molar-refractivity contribution >= 4 is 62.0 Å². The van der Waals surface area contributed by atoms with Crippen LogP contribution in [0.4, 0.5) is 11.4 Å². The van der Waals surface area contributed by atoms with Gasteiger partial charge in [0.1, 0.15) is 28.8 Å². The molecule has 366 valence electrons. The van der Waals surface area contributed by atoms with E-state index in [0.29, 0.717) is 24.7 Å². The van der Waals surface area contributed by atoms with Crippen LogP contribution in [0.1, 0.15) is 67.9 Å². The van der Waals surface area contributed by atoms with Crippen molar-refractivity contribution in [2.24, 2.45) is 29.6 Å². The number of phenolic OH excluding ortho intramolecular Hbond substituents is 1. The first-order valence-electron chi connectivity index (χ1n) is 23.2. The number of carbonyl (C=O) groups is 2. The van der Waals surface area contributed by atoms with E-state index in [9.17, 15) is 39.6 Å². The molecule has 4 heterocycles. The quantitative estimate of drug-likeness (QED) is 0.0966. The number of aliphatic hydroxyl groups is 3. The van der Waals surface area contributed by atoms with Crippen molar-refractivity contribution in [3.05, 3.63) is 79.5 Å². The molecular formula is C51H64N4O13. The predicted molar refractivity (Wildman–Crippen MR) is 259 cm³/mol. The lowest BCUT2D eigenvalue weighted by Crippen LogP contribution is -2.47. The number of aromatic nitrogens is 1. The van der Waals surface area contributed by atoms with Gasteiger partial charge in [-0.05, 0) is 25.8 Å². The highest BCUT2D eigenvalue weighted by atomic mass is 16.7. The maximum Gasteiger partial charge on any atom is 0.307 e. The van der Waals surface area contributed by atoms with Gasteiger partial charge in [-0.2, -0.15) is 0 Å². The Morgan fingerprint density at radius 3 is 2.29 bits per heavy atom. The number of allylic oxidation sites excluding steroid dienone is 2. The minimum Gasteiger partial charge on any atom is -0.507 e. The summed E-state index contributed by atoms with van der Waals surface area (Å²) in [6, 6.07) is 3.16. The first-order valence-corrected chi connectivity index (χ1v) is 23.2. The largest absolute Gasteiger partial charge is 0.507 e. The van der Waals surface area contributed by atoms with E-state index in [1.807, 2.05) is 0 Å². The average molecular weight is 941 g/mol. The predicted octanol–water partition coefficient (Wildman–Crippen LogP) is 5.34. The fraction of sp³-hybridized carbons (Fsp3) is 0.510. The van der Waals surface area contributed by atoms with E-state index in [-0.39, 0.29) is 60.8 Å². The summed E-state index contributed by atoms with van der Waals surface area (Å²) >= 11 is 0. The molecule has 0 unspecified atom stereocenters. The van der Waals surface area contributed by atoms with Gasteiger partial charge in [0, 0.05) is 112 Å². The van der Waals surface area contributed by atoms with Crippen molar-refractivity contribution in [3.8, 4) is 11.5 Å². The Balaban J connectivity index is 1.46. The lowest BCUT2D eigenvalue weighted by atomic mass is 9.78. The van der Waals surface area contributed by atoms with Gasteiger partial charge in [-0.3, -0.25) is 24.1 Å². The molecule has 5 N–H and O–H groups in total. The van der Waals surface area contributed by atoms with Gasteiger partial charge in [0.25, 0.3) is 5.91 Å². The average Bonchev–Trinajstić information content (AvgIpc) is 3.56. The Kier molecular flexibility index (Phi) is 14.3. The number of hydrogen-bond donors (Lipinski definition) is 5. The van der Waals surface area contributed by atoms with E-state index in [4.69, 9.17) is 28.3 Å². The number of rotatable bonds is 5. The molecule has 68 heavy (non-hydrogen) atoms. The molecule has 17 heteroatoms. The second kappa shape index (κ2) is 19.5. The summed E-state index contributed by atoms with van der Waals surface area (Å²) in [7, 11) is 1.45. The number of phenols is 1. The molecule has 1 saturated heterocycles. The molecule has 17 nitrogen and oxygen atoms in total. The molecule has 9 atom stereocenters. The maximum absolute atomic E-state index is 14.9. The third kappa shape index (κ3) is 9.28. The fourth-order valence-electron chi connectivity index (χ4n) is 9.76. The van der Waals surface area contributed by atoms with Crippen LogP contribution in [0.2, 0.25) is 0 Å². The van der Waals surface area contributed by atoms with Gasteiger partial charge in [-0.1, -0.05) is 59.8 Å². The zero-order valence-electron chi connectivity index (χ0n) is 40.6. The molecule has 3 aromatic carbocycles. The van der Waals surface area contributed by atoms with E-state index in [2.05, 4.69) is 29.0 Å². The van der Waals surface area contributed by atoms with Crippen LogP contribution in [0.3, 0.4) is 0 Å². The summed E-state index contributed by atoms with van der Waals surface area (Å²) < 4.78 is 30.5. The van der Waals surface area contributed by atoms with E-state index in [1.54, 1.807) is 45.9 Å². The molecule has 4 bridgehead atoms. The lowest BCUT2D eigenvalue weighted by molar-refractivity contribution is -0.160. The molecule has 3 aliphatic rings. The molecule has 1 aromatic heterocycles. The number of benzene rings is 3. The number of carbonyl (C=O) groups excluding carboxylic acids is 2. The molecule has 0 saturated carbocycles. The van der Waals surface area contributed by atoms with Gasteiger partial charge in [0.15, 0.2) is 22.4 Å². The molecule has 0 spiro atoms. The van der Waals surface area contributed by atoms with Crippen LogP contribution in [0.5, 0.6) is 11.5 Å². The summed E-state index contributed by atoms with van der Waals surface area (Å²) in [5, 5.41) is 49.3. The molecule has 0 radical (unpaired) electrons. The number of piperazine rings is 1. The highest BCUT2D eigenvalue weighted by Crippen LogP contribution is 2.42. The molecule has 1 fully saturated rings. The number of methoxy groups -OCH3 is 1. The summed E-state index contributed by atoms with van der Waals surface area (Å²) in [4.78, 5) is 64.7. The number of ether oxygens (including phenoxy) is 4. The van der Waals surface area contributed by atoms with Crippen molar-refractivity contribution in [1.29, 1.82) is 0 Å². The number of aliphatic hydroxyl groups excluding tert-OH is 3. The van der Waals surface area contributed by atoms with Gasteiger partial charge < -0.3 is 54.0 Å². The van der Waals surface area contributed by atoms with Crippen molar-refractivity contribution in [1.82, 2.24) is 9.88 Å². The Morgan fingerprint density at radius 2 is 1.65 bits per heavy atom. The monoisotopic (exact) mass is 940 g/mol. The Hall–Kier alpha value is -6.01. The Bertz CT molecular complexity index is 2900. The molecule has 0 aliphatic carbocycles. The van der Waals surface area contributed by atoms with Crippen molar-refractivity contribution in [3.63, 3.8) is 0 Å². The number of hydrogen-bond acceptors (Lipinski definition) is 16. The molecular weight excluding hydrogens is 877 g/mol. The minimum absolute atomic E-state index is 0.0390. The van der Waals surface area contributed by atoms with Crippen molar-refractivity contribution in [2.75, 3.05) is 50.1 Å². The summed E-state index contributed by atoms with van der Waals surface area (Å²) in [6.07, 6.45) is 3.57. The number of amides is 1. The van der Waals surface area contributed by atoms with Crippen molar-refractivity contribution in [2.45, 2.75) is 99.4 Å². The summed E-state index contributed by atoms with van der Waals surface area (Å²) in [6.45, 7) is 20.8. The molecule has 1 amide bonds. The van der Waals surface area contributed by atoms with Gasteiger partial charge in [0.2, 0.25) is 10.9 Å². The second-order valence-electron chi connectivity index (χ2n) is 19.2. The fourth-order valence-corrected chi connectivity index (χ4v) is 9.76. The smallest absolute Gasteiger partial charge is 0.307 e.